The van der Waals surface area contributed by atoms with Gasteiger partial charge in [-0.15, -0.1) is 0 Å². The van der Waals surface area contributed by atoms with Crippen molar-refractivity contribution in [1.82, 2.24) is 5.32 Å². The summed E-state index contributed by atoms with van der Waals surface area (Å²) in [6, 6.07) is 10.8. The van der Waals surface area contributed by atoms with Crippen LogP contribution in [0, 0.1) is 0 Å². The average Bonchev–Trinajstić information content (AvgIpc) is 2.87. The van der Waals surface area contributed by atoms with Crippen LogP contribution in [0.5, 0.6) is 0 Å². The summed E-state index contributed by atoms with van der Waals surface area (Å²) in [6.07, 6.45) is 1.34. The number of amidine groups is 1. The van der Waals surface area contributed by atoms with Crippen molar-refractivity contribution >= 4 is 22.9 Å². The molecule has 0 spiro atoms. The van der Waals surface area contributed by atoms with Crippen LogP contribution in [0.15, 0.2) is 35.3 Å². The maximum atomic E-state index is 11.0. The van der Waals surface area contributed by atoms with Crippen LogP contribution in [0.1, 0.15) is 12.0 Å². The number of nitrogens with zero attached hydrogens (tertiary/aromatic N) is 1. The van der Waals surface area contributed by atoms with Crippen molar-refractivity contribution in [1.29, 1.82) is 0 Å². The number of carbonyl (C=O) groups excluding carboxylic acids is 1. The lowest BCUT2D eigenvalue weighted by atomic mass is 10.1. The Hall–Kier alpha value is -1.49. The zero-order chi connectivity index (χ0) is 13.5. The standard InChI is InChI=1S/C14H18N2O2S/c1-18-13(17)7-8-15-14-16-12(10-19-14)9-11-5-3-2-4-6-11/h2-6,12H,7-10H2,1H3,(H,15,16). The van der Waals surface area contributed by atoms with Crippen molar-refractivity contribution in [3.63, 3.8) is 0 Å². The number of hydrogen-bond donors (Lipinski definition) is 1. The van der Waals surface area contributed by atoms with Gasteiger partial charge >= 0.3 is 5.97 Å². The number of carbonyl (C=O) groups is 1. The number of rotatable bonds is 5. The minimum atomic E-state index is -0.215. The van der Waals surface area contributed by atoms with Crippen molar-refractivity contribution < 1.29 is 9.53 Å². The fourth-order valence-electron chi connectivity index (χ4n) is 1.89. The van der Waals surface area contributed by atoms with Crippen molar-refractivity contribution in [2.75, 3.05) is 19.4 Å². The van der Waals surface area contributed by atoms with E-state index in [9.17, 15) is 4.79 Å². The first-order chi connectivity index (χ1) is 9.28. The van der Waals surface area contributed by atoms with Crippen LogP contribution >= 0.6 is 11.8 Å². The van der Waals surface area contributed by atoms with E-state index in [0.717, 1.165) is 17.3 Å². The summed E-state index contributed by atoms with van der Waals surface area (Å²) in [4.78, 5) is 15.3. The Kier molecular flexibility index (Phi) is 5.27. The maximum absolute atomic E-state index is 11.0. The normalized spacial score (nSPS) is 20.3. The molecule has 1 aromatic carbocycles. The van der Waals surface area contributed by atoms with E-state index in [1.54, 1.807) is 11.8 Å². The van der Waals surface area contributed by atoms with Gasteiger partial charge in [-0.05, 0) is 12.0 Å². The number of methoxy groups -OCH3 is 1. The summed E-state index contributed by atoms with van der Waals surface area (Å²) in [6.45, 7) is 0.486. The maximum Gasteiger partial charge on any atom is 0.307 e. The highest BCUT2D eigenvalue weighted by molar-refractivity contribution is 8.14. The molecule has 0 aliphatic carbocycles. The molecule has 19 heavy (non-hydrogen) atoms. The van der Waals surface area contributed by atoms with Crippen LogP contribution in [0.25, 0.3) is 0 Å². The molecule has 0 saturated carbocycles. The quantitative estimate of drug-likeness (QED) is 0.835. The smallest absolute Gasteiger partial charge is 0.307 e. The summed E-state index contributed by atoms with van der Waals surface area (Å²) in [5, 5.41) is 4.33. The predicted octanol–water partition coefficient (Wildman–Crippen LogP) is 1.85. The molecule has 1 aliphatic heterocycles. The topological polar surface area (TPSA) is 50.7 Å². The molecule has 0 amide bonds. The van der Waals surface area contributed by atoms with E-state index in [4.69, 9.17) is 0 Å². The Balaban J connectivity index is 1.77. The Bertz CT molecular complexity index is 448. The van der Waals surface area contributed by atoms with Gasteiger partial charge in [0.15, 0.2) is 5.17 Å². The molecule has 5 heteroatoms. The lowest BCUT2D eigenvalue weighted by molar-refractivity contribution is -0.140. The molecule has 4 nitrogen and oxygen atoms in total. The molecule has 1 unspecified atom stereocenters. The Labute approximate surface area is 117 Å². The molecular formula is C14H18N2O2S. The number of ether oxygens (including phenoxy) is 1. The Morgan fingerprint density at radius 2 is 2.26 bits per heavy atom. The summed E-state index contributed by atoms with van der Waals surface area (Å²) >= 11 is 1.72. The van der Waals surface area contributed by atoms with Gasteiger partial charge in [0.05, 0.1) is 20.1 Å². The lowest BCUT2D eigenvalue weighted by Gasteiger charge is -2.09. The van der Waals surface area contributed by atoms with Crippen molar-refractivity contribution in [3.8, 4) is 0 Å². The fourth-order valence-corrected chi connectivity index (χ4v) is 2.88. The van der Waals surface area contributed by atoms with E-state index in [2.05, 4.69) is 39.3 Å². The van der Waals surface area contributed by atoms with Crippen molar-refractivity contribution in [3.05, 3.63) is 35.9 Å². The van der Waals surface area contributed by atoms with Gasteiger partial charge in [-0.25, -0.2) is 0 Å². The minimum Gasteiger partial charge on any atom is -0.469 e. The molecule has 0 radical (unpaired) electrons. The fraction of sp³-hybridized carbons (Fsp3) is 0.429. The van der Waals surface area contributed by atoms with E-state index < -0.39 is 0 Å². The molecule has 102 valence electrons. The third kappa shape index (κ3) is 4.59. The average molecular weight is 278 g/mol. The summed E-state index contributed by atoms with van der Waals surface area (Å²) in [5.41, 5.74) is 1.33. The molecule has 1 atom stereocenters. The molecule has 1 N–H and O–H groups in total. The van der Waals surface area contributed by atoms with Gasteiger partial charge in [-0.3, -0.25) is 9.79 Å². The van der Waals surface area contributed by atoms with Crippen LogP contribution in [0.3, 0.4) is 0 Å². The van der Waals surface area contributed by atoms with Gasteiger partial charge in [0, 0.05) is 11.8 Å². The highest BCUT2D eigenvalue weighted by Crippen LogP contribution is 2.17. The SMILES string of the molecule is COC(=O)CCN=C1NC(Cc2ccccc2)CS1. The minimum absolute atomic E-state index is 0.215. The second-order valence-electron chi connectivity index (χ2n) is 4.35. The number of esters is 1. The molecule has 0 aromatic heterocycles. The van der Waals surface area contributed by atoms with Gasteiger partial charge in [0.2, 0.25) is 0 Å². The number of benzene rings is 1. The van der Waals surface area contributed by atoms with Crippen LogP contribution in [-0.4, -0.2) is 36.6 Å². The zero-order valence-corrected chi connectivity index (χ0v) is 11.8. The van der Waals surface area contributed by atoms with Crippen LogP contribution in [0.4, 0.5) is 0 Å². The first-order valence-electron chi connectivity index (χ1n) is 6.32. The van der Waals surface area contributed by atoms with E-state index in [1.807, 2.05) is 6.07 Å². The highest BCUT2D eigenvalue weighted by atomic mass is 32.2. The Morgan fingerprint density at radius 3 is 3.00 bits per heavy atom. The molecule has 1 fully saturated rings. The van der Waals surface area contributed by atoms with Gasteiger partial charge in [0.25, 0.3) is 0 Å². The van der Waals surface area contributed by atoms with E-state index in [1.165, 1.54) is 12.7 Å². The molecular weight excluding hydrogens is 260 g/mol. The number of hydrogen-bond acceptors (Lipinski definition) is 4. The number of thioether (sulfide) groups is 1. The van der Waals surface area contributed by atoms with Gasteiger partial charge < -0.3 is 10.1 Å². The predicted molar refractivity (Wildman–Crippen MR) is 78.5 cm³/mol. The molecule has 1 aliphatic rings. The first kappa shape index (κ1) is 13.9. The zero-order valence-electron chi connectivity index (χ0n) is 11.0. The van der Waals surface area contributed by atoms with E-state index in [-0.39, 0.29) is 5.97 Å². The van der Waals surface area contributed by atoms with Gasteiger partial charge in [-0.2, -0.15) is 0 Å². The van der Waals surface area contributed by atoms with Crippen LogP contribution in [0.2, 0.25) is 0 Å². The largest absolute Gasteiger partial charge is 0.469 e. The summed E-state index contributed by atoms with van der Waals surface area (Å²) < 4.78 is 4.58. The molecule has 2 rings (SSSR count). The second kappa shape index (κ2) is 7.19. The van der Waals surface area contributed by atoms with Gasteiger partial charge in [0.1, 0.15) is 0 Å². The third-order valence-electron chi connectivity index (χ3n) is 2.87. The number of nitrogens with one attached hydrogen (secondary N) is 1. The second-order valence-corrected chi connectivity index (χ2v) is 5.36. The highest BCUT2D eigenvalue weighted by Gasteiger charge is 2.20. The molecule has 0 bridgehead atoms. The van der Waals surface area contributed by atoms with E-state index in [0.29, 0.717) is 19.0 Å². The number of aliphatic imine (C=N–C) groups is 1. The monoisotopic (exact) mass is 278 g/mol. The summed E-state index contributed by atoms with van der Waals surface area (Å²) in [5.74, 6) is 0.805. The van der Waals surface area contributed by atoms with Crippen molar-refractivity contribution in [2.45, 2.75) is 18.9 Å². The lowest BCUT2D eigenvalue weighted by Crippen LogP contribution is -2.29. The van der Waals surface area contributed by atoms with Crippen LogP contribution in [-0.2, 0) is 16.0 Å². The van der Waals surface area contributed by atoms with E-state index >= 15 is 0 Å². The summed E-state index contributed by atoms with van der Waals surface area (Å²) in [7, 11) is 1.40. The molecule has 1 saturated heterocycles. The van der Waals surface area contributed by atoms with Gasteiger partial charge in [-0.1, -0.05) is 42.1 Å². The molecule has 1 aromatic rings. The first-order valence-corrected chi connectivity index (χ1v) is 7.31. The molecule has 1 heterocycles. The van der Waals surface area contributed by atoms with Crippen LogP contribution < -0.4 is 5.32 Å². The third-order valence-corrected chi connectivity index (χ3v) is 3.96. The van der Waals surface area contributed by atoms with Crippen molar-refractivity contribution in [2.24, 2.45) is 4.99 Å². The Morgan fingerprint density at radius 1 is 1.47 bits per heavy atom.